The van der Waals surface area contributed by atoms with Gasteiger partial charge in [0.25, 0.3) is 0 Å². The van der Waals surface area contributed by atoms with Crippen LogP contribution < -0.4 is 14.2 Å². The number of hydrogen-bond donors (Lipinski definition) is 1. The minimum Gasteiger partial charge on any atom is -0.493 e. The van der Waals surface area contributed by atoms with E-state index in [9.17, 15) is 0 Å². The van der Waals surface area contributed by atoms with Gasteiger partial charge in [0.05, 0.1) is 27.7 Å². The number of fused-ring (bicyclic) bond motifs is 1. The number of rotatable bonds is 4. The Hall–Kier alpha value is -2.83. The first-order valence-corrected chi connectivity index (χ1v) is 6.23. The van der Waals surface area contributed by atoms with Crippen LogP contribution in [0.1, 0.15) is 0 Å². The Kier molecular flexibility index (Phi) is 3.31. The second-order valence-electron chi connectivity index (χ2n) is 4.21. The Morgan fingerprint density at radius 1 is 0.905 bits per heavy atom. The number of aromatic nitrogens is 4. The topological polar surface area (TPSA) is 82.2 Å². The van der Waals surface area contributed by atoms with Gasteiger partial charge in [-0.05, 0) is 12.1 Å². The van der Waals surface area contributed by atoms with Gasteiger partial charge in [0.15, 0.2) is 17.1 Å². The average molecular weight is 286 g/mol. The van der Waals surface area contributed by atoms with Crippen LogP contribution in [0.25, 0.3) is 22.4 Å². The van der Waals surface area contributed by atoms with Crippen molar-refractivity contribution in [3.63, 3.8) is 0 Å². The molecule has 0 aliphatic heterocycles. The SMILES string of the molecule is COc1ccc(-c2ncnc3nc[nH]c23)c(OC)c1OC. The summed E-state index contributed by atoms with van der Waals surface area (Å²) in [5.41, 5.74) is 2.79. The summed E-state index contributed by atoms with van der Waals surface area (Å²) in [7, 11) is 4.72. The third kappa shape index (κ3) is 2.03. The first-order chi connectivity index (χ1) is 10.3. The van der Waals surface area contributed by atoms with Gasteiger partial charge >= 0.3 is 0 Å². The fourth-order valence-electron chi connectivity index (χ4n) is 2.26. The Bertz CT molecular complexity index is 785. The van der Waals surface area contributed by atoms with E-state index in [2.05, 4.69) is 19.9 Å². The molecule has 0 spiro atoms. The molecule has 1 N–H and O–H groups in total. The molecule has 3 rings (SSSR count). The van der Waals surface area contributed by atoms with E-state index in [0.717, 1.165) is 11.1 Å². The number of benzene rings is 1. The van der Waals surface area contributed by atoms with Crippen molar-refractivity contribution in [3.8, 4) is 28.5 Å². The van der Waals surface area contributed by atoms with E-state index in [1.165, 1.54) is 6.33 Å². The quantitative estimate of drug-likeness (QED) is 0.790. The van der Waals surface area contributed by atoms with E-state index in [1.807, 2.05) is 6.07 Å². The van der Waals surface area contributed by atoms with E-state index in [0.29, 0.717) is 28.6 Å². The van der Waals surface area contributed by atoms with Crippen molar-refractivity contribution >= 4 is 11.2 Å². The fourth-order valence-corrected chi connectivity index (χ4v) is 2.26. The number of ether oxygens (including phenoxy) is 3. The summed E-state index contributed by atoms with van der Waals surface area (Å²) in [5, 5.41) is 0. The molecular formula is C14H14N4O3. The van der Waals surface area contributed by atoms with Gasteiger partial charge < -0.3 is 19.2 Å². The molecule has 0 bridgehead atoms. The summed E-state index contributed by atoms with van der Waals surface area (Å²) in [5.74, 6) is 1.66. The Morgan fingerprint density at radius 3 is 2.43 bits per heavy atom. The maximum absolute atomic E-state index is 5.49. The summed E-state index contributed by atoms with van der Waals surface area (Å²) in [4.78, 5) is 15.6. The second kappa shape index (κ2) is 5.28. The molecule has 1 aromatic carbocycles. The highest BCUT2D eigenvalue weighted by atomic mass is 16.5. The molecule has 108 valence electrons. The number of hydrogen-bond acceptors (Lipinski definition) is 6. The lowest BCUT2D eigenvalue weighted by atomic mass is 10.1. The van der Waals surface area contributed by atoms with Gasteiger partial charge in [-0.25, -0.2) is 15.0 Å². The van der Waals surface area contributed by atoms with Crippen LogP contribution in [0.4, 0.5) is 0 Å². The molecule has 0 aliphatic carbocycles. The Labute approximate surface area is 120 Å². The fraction of sp³-hybridized carbons (Fsp3) is 0.214. The van der Waals surface area contributed by atoms with E-state index in [1.54, 1.807) is 33.7 Å². The lowest BCUT2D eigenvalue weighted by Gasteiger charge is -2.15. The van der Waals surface area contributed by atoms with Crippen molar-refractivity contribution in [1.82, 2.24) is 19.9 Å². The van der Waals surface area contributed by atoms with E-state index < -0.39 is 0 Å². The molecule has 0 saturated carbocycles. The van der Waals surface area contributed by atoms with Crippen LogP contribution in [0.3, 0.4) is 0 Å². The summed E-state index contributed by atoms with van der Waals surface area (Å²) in [6.45, 7) is 0. The van der Waals surface area contributed by atoms with Gasteiger partial charge in [-0.1, -0.05) is 0 Å². The minimum atomic E-state index is 0.517. The lowest BCUT2D eigenvalue weighted by molar-refractivity contribution is 0.325. The van der Waals surface area contributed by atoms with Gasteiger partial charge in [0, 0.05) is 5.56 Å². The van der Waals surface area contributed by atoms with E-state index in [4.69, 9.17) is 14.2 Å². The number of nitrogens with zero attached hydrogens (tertiary/aromatic N) is 3. The molecule has 21 heavy (non-hydrogen) atoms. The Balaban J connectivity index is 2.30. The van der Waals surface area contributed by atoms with Crippen molar-refractivity contribution in [1.29, 1.82) is 0 Å². The minimum absolute atomic E-state index is 0.517. The molecule has 0 saturated heterocycles. The van der Waals surface area contributed by atoms with Crippen molar-refractivity contribution in [2.24, 2.45) is 0 Å². The van der Waals surface area contributed by atoms with Crippen LogP contribution in [-0.2, 0) is 0 Å². The highest BCUT2D eigenvalue weighted by Crippen LogP contribution is 2.44. The summed E-state index contributed by atoms with van der Waals surface area (Å²) < 4.78 is 16.2. The molecule has 3 aromatic rings. The predicted molar refractivity (Wildman–Crippen MR) is 76.8 cm³/mol. The monoisotopic (exact) mass is 286 g/mol. The number of aromatic amines is 1. The van der Waals surface area contributed by atoms with Crippen LogP contribution in [0.15, 0.2) is 24.8 Å². The van der Waals surface area contributed by atoms with Gasteiger partial charge in [0.2, 0.25) is 5.75 Å². The maximum Gasteiger partial charge on any atom is 0.203 e. The number of H-pyrrole nitrogens is 1. The number of nitrogens with one attached hydrogen (secondary N) is 1. The largest absolute Gasteiger partial charge is 0.493 e. The number of methoxy groups -OCH3 is 3. The smallest absolute Gasteiger partial charge is 0.203 e. The molecule has 0 unspecified atom stereocenters. The van der Waals surface area contributed by atoms with Crippen LogP contribution in [0, 0.1) is 0 Å². The zero-order valence-corrected chi connectivity index (χ0v) is 11.9. The zero-order valence-electron chi connectivity index (χ0n) is 11.9. The highest BCUT2D eigenvalue weighted by molar-refractivity contribution is 5.90. The second-order valence-corrected chi connectivity index (χ2v) is 4.21. The van der Waals surface area contributed by atoms with Crippen LogP contribution in [0.5, 0.6) is 17.2 Å². The van der Waals surface area contributed by atoms with Crippen molar-refractivity contribution in [2.75, 3.05) is 21.3 Å². The standard InChI is InChI=1S/C14H14N4O3/c1-19-9-5-4-8(12(20-2)13(9)21-3)10-11-14(17-6-15-10)18-7-16-11/h4-7H,1-3H3,(H,15,16,17,18). The lowest BCUT2D eigenvalue weighted by Crippen LogP contribution is -1.98. The Morgan fingerprint density at radius 2 is 1.71 bits per heavy atom. The van der Waals surface area contributed by atoms with Crippen molar-refractivity contribution < 1.29 is 14.2 Å². The average Bonchev–Trinajstić information content (AvgIpc) is 3.01. The van der Waals surface area contributed by atoms with E-state index in [-0.39, 0.29) is 0 Å². The molecular weight excluding hydrogens is 272 g/mol. The summed E-state index contributed by atoms with van der Waals surface area (Å²) in [6.07, 6.45) is 3.05. The van der Waals surface area contributed by atoms with Crippen LogP contribution in [-0.4, -0.2) is 41.3 Å². The van der Waals surface area contributed by atoms with Crippen LogP contribution >= 0.6 is 0 Å². The van der Waals surface area contributed by atoms with Crippen molar-refractivity contribution in [2.45, 2.75) is 0 Å². The van der Waals surface area contributed by atoms with Gasteiger partial charge in [-0.3, -0.25) is 0 Å². The van der Waals surface area contributed by atoms with E-state index >= 15 is 0 Å². The molecule has 0 atom stereocenters. The molecule has 0 radical (unpaired) electrons. The molecule has 7 nitrogen and oxygen atoms in total. The molecule has 0 aliphatic rings. The molecule has 2 aromatic heterocycles. The number of imidazole rings is 1. The molecule has 7 heteroatoms. The molecule has 0 amide bonds. The first-order valence-electron chi connectivity index (χ1n) is 6.23. The summed E-state index contributed by atoms with van der Waals surface area (Å²) >= 11 is 0. The van der Waals surface area contributed by atoms with Gasteiger partial charge in [-0.15, -0.1) is 0 Å². The molecule has 0 fully saturated rings. The maximum atomic E-state index is 5.49. The third-order valence-electron chi connectivity index (χ3n) is 3.18. The molecule has 2 heterocycles. The summed E-state index contributed by atoms with van der Waals surface area (Å²) in [6, 6.07) is 3.67. The predicted octanol–water partition coefficient (Wildman–Crippen LogP) is 2.05. The first kappa shape index (κ1) is 13.2. The van der Waals surface area contributed by atoms with Gasteiger partial charge in [0.1, 0.15) is 17.5 Å². The third-order valence-corrected chi connectivity index (χ3v) is 3.18. The van der Waals surface area contributed by atoms with Gasteiger partial charge in [-0.2, -0.15) is 0 Å². The zero-order chi connectivity index (χ0) is 14.8. The van der Waals surface area contributed by atoms with Crippen LogP contribution in [0.2, 0.25) is 0 Å². The highest BCUT2D eigenvalue weighted by Gasteiger charge is 2.20. The normalized spacial score (nSPS) is 10.6. The van der Waals surface area contributed by atoms with Crippen molar-refractivity contribution in [3.05, 3.63) is 24.8 Å².